The lowest BCUT2D eigenvalue weighted by molar-refractivity contribution is -0.138. The fourth-order valence-corrected chi connectivity index (χ4v) is 2.54. The average Bonchev–Trinajstić information content (AvgIpc) is 2.60. The fourth-order valence-electron chi connectivity index (χ4n) is 2.54. The van der Waals surface area contributed by atoms with Crippen molar-refractivity contribution in [3.8, 4) is 6.07 Å². The van der Waals surface area contributed by atoms with Gasteiger partial charge in [-0.05, 0) is 54.8 Å². The first-order valence-electron chi connectivity index (χ1n) is 7.95. The van der Waals surface area contributed by atoms with E-state index in [0.717, 1.165) is 24.2 Å². The number of hydrogen-bond donors (Lipinski definition) is 3. The molecule has 0 spiro atoms. The monoisotopic (exact) mass is 323 g/mol. The fraction of sp³-hybridized carbons (Fsp3) is 0.263. The molecule has 0 aliphatic carbocycles. The van der Waals surface area contributed by atoms with E-state index in [1.54, 1.807) is 24.3 Å². The highest BCUT2D eigenvalue weighted by Gasteiger charge is 2.20. The van der Waals surface area contributed by atoms with Gasteiger partial charge in [0.15, 0.2) is 6.04 Å². The van der Waals surface area contributed by atoms with Gasteiger partial charge in [0, 0.05) is 17.9 Å². The van der Waals surface area contributed by atoms with Crippen LogP contribution in [0.2, 0.25) is 0 Å². The number of nitrogens with one attached hydrogen (secondary N) is 2. The van der Waals surface area contributed by atoms with Crippen molar-refractivity contribution in [2.75, 3.05) is 17.2 Å². The number of carboxylic acids is 1. The Morgan fingerprint density at radius 1 is 1.21 bits per heavy atom. The maximum atomic E-state index is 11.7. The molecule has 0 radical (unpaired) electrons. The second kappa shape index (κ2) is 8.02. The number of carbonyl (C=O) groups is 1. The molecule has 24 heavy (non-hydrogen) atoms. The molecule has 1 atom stereocenters. The zero-order chi connectivity index (χ0) is 17.5. The van der Waals surface area contributed by atoms with Crippen LogP contribution in [0.3, 0.4) is 0 Å². The minimum atomic E-state index is -0.947. The molecule has 1 unspecified atom stereocenters. The predicted octanol–water partition coefficient (Wildman–Crippen LogP) is 3.79. The van der Waals surface area contributed by atoms with Gasteiger partial charge in [-0.2, -0.15) is 5.26 Å². The summed E-state index contributed by atoms with van der Waals surface area (Å²) in [5.41, 5.74) is 4.02. The number of hydrogen-bond acceptors (Lipinski definition) is 4. The maximum Gasteiger partial charge on any atom is 0.330 e. The molecular formula is C19H21N3O2. The van der Waals surface area contributed by atoms with Crippen LogP contribution in [-0.4, -0.2) is 17.6 Å². The van der Waals surface area contributed by atoms with Crippen LogP contribution in [0.4, 0.5) is 11.4 Å². The van der Waals surface area contributed by atoms with Crippen molar-refractivity contribution < 1.29 is 9.90 Å². The summed E-state index contributed by atoms with van der Waals surface area (Å²) in [6.07, 6.45) is 0.819. The summed E-state index contributed by atoms with van der Waals surface area (Å²) in [5.74, 6) is -0.947. The SMILES string of the molecule is CCNc1ccc(C(Nc2ccc(C#N)cc2)C(=O)O)cc1CC. The van der Waals surface area contributed by atoms with Crippen LogP contribution in [0.15, 0.2) is 42.5 Å². The Morgan fingerprint density at radius 3 is 2.46 bits per heavy atom. The third kappa shape index (κ3) is 4.05. The van der Waals surface area contributed by atoms with E-state index in [4.69, 9.17) is 5.26 Å². The molecule has 2 rings (SSSR count). The summed E-state index contributed by atoms with van der Waals surface area (Å²) >= 11 is 0. The molecule has 2 aromatic carbocycles. The molecule has 0 bridgehead atoms. The standard InChI is InChI=1S/C19H21N3O2/c1-3-14-11-15(7-10-17(14)21-4-2)18(19(23)24)22-16-8-5-13(12-20)6-9-16/h5-11,18,21-22H,3-4H2,1-2H3,(H,23,24). The molecule has 124 valence electrons. The van der Waals surface area contributed by atoms with Gasteiger partial charge in [-0.15, -0.1) is 0 Å². The summed E-state index contributed by atoms with van der Waals surface area (Å²) in [6.45, 7) is 4.89. The molecular weight excluding hydrogens is 302 g/mol. The van der Waals surface area contributed by atoms with Crippen molar-refractivity contribution in [2.24, 2.45) is 0 Å². The van der Waals surface area contributed by atoms with Crippen molar-refractivity contribution in [1.29, 1.82) is 5.26 Å². The number of carboxylic acid groups (broad SMARTS) is 1. The molecule has 0 heterocycles. The summed E-state index contributed by atoms with van der Waals surface area (Å²) in [7, 11) is 0. The molecule has 0 amide bonds. The highest BCUT2D eigenvalue weighted by Crippen LogP contribution is 2.25. The molecule has 0 aliphatic rings. The first kappa shape index (κ1) is 17.4. The zero-order valence-corrected chi connectivity index (χ0v) is 13.8. The number of nitrogens with zero attached hydrogens (tertiary/aromatic N) is 1. The van der Waals surface area contributed by atoms with Crippen LogP contribution >= 0.6 is 0 Å². The molecule has 2 aromatic rings. The lowest BCUT2D eigenvalue weighted by Gasteiger charge is -2.19. The largest absolute Gasteiger partial charge is 0.479 e. The lowest BCUT2D eigenvalue weighted by Crippen LogP contribution is -2.20. The molecule has 0 fully saturated rings. The average molecular weight is 323 g/mol. The third-order valence-electron chi connectivity index (χ3n) is 3.78. The third-order valence-corrected chi connectivity index (χ3v) is 3.78. The lowest BCUT2D eigenvalue weighted by atomic mass is 10.0. The van der Waals surface area contributed by atoms with Crippen molar-refractivity contribution in [3.05, 3.63) is 59.2 Å². The second-order valence-electron chi connectivity index (χ2n) is 5.41. The molecule has 0 aromatic heterocycles. The predicted molar refractivity (Wildman–Crippen MR) is 95.1 cm³/mol. The van der Waals surface area contributed by atoms with Crippen molar-refractivity contribution in [3.63, 3.8) is 0 Å². The summed E-state index contributed by atoms with van der Waals surface area (Å²) in [6, 6.07) is 13.6. The topological polar surface area (TPSA) is 85.1 Å². The number of benzene rings is 2. The van der Waals surface area contributed by atoms with Gasteiger partial charge >= 0.3 is 5.97 Å². The Balaban J connectivity index is 2.29. The Bertz CT molecular complexity index is 748. The molecule has 5 nitrogen and oxygen atoms in total. The van der Waals surface area contributed by atoms with Gasteiger partial charge in [-0.25, -0.2) is 4.79 Å². The van der Waals surface area contributed by atoms with E-state index in [9.17, 15) is 9.90 Å². The van der Waals surface area contributed by atoms with Gasteiger partial charge in [-0.3, -0.25) is 0 Å². The Kier molecular flexibility index (Phi) is 5.80. The Morgan fingerprint density at radius 2 is 1.92 bits per heavy atom. The van der Waals surface area contributed by atoms with Crippen LogP contribution in [0.25, 0.3) is 0 Å². The molecule has 0 saturated carbocycles. The second-order valence-corrected chi connectivity index (χ2v) is 5.41. The number of aliphatic carboxylic acids is 1. The van der Waals surface area contributed by atoms with Gasteiger partial charge in [-0.1, -0.05) is 19.1 Å². The number of nitriles is 1. The minimum Gasteiger partial charge on any atom is -0.479 e. The number of rotatable bonds is 7. The van der Waals surface area contributed by atoms with Crippen LogP contribution in [0, 0.1) is 11.3 Å². The van der Waals surface area contributed by atoms with Gasteiger partial charge in [0.25, 0.3) is 0 Å². The Labute approximate surface area is 141 Å². The van der Waals surface area contributed by atoms with E-state index in [0.29, 0.717) is 16.8 Å². The highest BCUT2D eigenvalue weighted by molar-refractivity contribution is 5.79. The highest BCUT2D eigenvalue weighted by atomic mass is 16.4. The quantitative estimate of drug-likeness (QED) is 0.722. The van der Waals surface area contributed by atoms with Gasteiger partial charge in [0.05, 0.1) is 11.6 Å². The van der Waals surface area contributed by atoms with Crippen LogP contribution in [-0.2, 0) is 11.2 Å². The molecule has 0 aliphatic heterocycles. The van der Waals surface area contributed by atoms with Crippen LogP contribution in [0.1, 0.15) is 36.6 Å². The van der Waals surface area contributed by atoms with Gasteiger partial charge < -0.3 is 15.7 Å². The molecule has 3 N–H and O–H groups in total. The van der Waals surface area contributed by atoms with Crippen molar-refractivity contribution in [1.82, 2.24) is 0 Å². The summed E-state index contributed by atoms with van der Waals surface area (Å²) in [5, 5.41) is 24.7. The summed E-state index contributed by atoms with van der Waals surface area (Å²) < 4.78 is 0. The van der Waals surface area contributed by atoms with E-state index in [2.05, 4.69) is 10.6 Å². The van der Waals surface area contributed by atoms with E-state index < -0.39 is 12.0 Å². The minimum absolute atomic E-state index is 0.538. The van der Waals surface area contributed by atoms with E-state index >= 15 is 0 Å². The van der Waals surface area contributed by atoms with E-state index in [-0.39, 0.29) is 0 Å². The first-order valence-corrected chi connectivity index (χ1v) is 7.95. The van der Waals surface area contributed by atoms with E-state index in [1.165, 1.54) is 0 Å². The smallest absolute Gasteiger partial charge is 0.330 e. The van der Waals surface area contributed by atoms with Gasteiger partial charge in [0.2, 0.25) is 0 Å². The number of anilines is 2. The van der Waals surface area contributed by atoms with Gasteiger partial charge in [0.1, 0.15) is 0 Å². The van der Waals surface area contributed by atoms with Crippen molar-refractivity contribution >= 4 is 17.3 Å². The summed E-state index contributed by atoms with van der Waals surface area (Å²) in [4.78, 5) is 11.7. The Hall–Kier alpha value is -3.00. The van der Waals surface area contributed by atoms with Crippen molar-refractivity contribution in [2.45, 2.75) is 26.3 Å². The zero-order valence-electron chi connectivity index (χ0n) is 13.8. The maximum absolute atomic E-state index is 11.7. The molecule has 0 saturated heterocycles. The molecule has 5 heteroatoms. The van der Waals surface area contributed by atoms with E-state index in [1.807, 2.05) is 38.1 Å². The van der Waals surface area contributed by atoms with Crippen LogP contribution < -0.4 is 10.6 Å². The number of aryl methyl sites for hydroxylation is 1. The first-order chi connectivity index (χ1) is 11.6. The normalized spacial score (nSPS) is 11.4. The van der Waals surface area contributed by atoms with Crippen LogP contribution in [0.5, 0.6) is 0 Å².